The molecule has 126 valence electrons. The van der Waals surface area contributed by atoms with Crippen molar-refractivity contribution in [1.29, 1.82) is 0 Å². The van der Waals surface area contributed by atoms with Crippen molar-refractivity contribution < 1.29 is 17.9 Å². The topological polar surface area (TPSA) is 98.5 Å². The third kappa shape index (κ3) is 7.00. The van der Waals surface area contributed by atoms with E-state index in [-0.39, 0.29) is 42.2 Å². The second kappa shape index (κ2) is 8.85. The molecule has 1 rings (SSSR count). The van der Waals surface area contributed by atoms with Crippen LogP contribution in [0.2, 0.25) is 0 Å². The number of benzene rings is 1. The minimum atomic E-state index is -3.21. The van der Waals surface area contributed by atoms with E-state index >= 15 is 0 Å². The Bertz CT molecular complexity index is 603. The first-order valence-corrected chi connectivity index (χ1v) is 8.49. The van der Waals surface area contributed by atoms with Crippen molar-refractivity contribution in [3.8, 4) is 5.75 Å². The highest BCUT2D eigenvalue weighted by molar-refractivity contribution is 7.91. The molecule has 0 fully saturated rings. The van der Waals surface area contributed by atoms with Gasteiger partial charge < -0.3 is 15.8 Å². The maximum atomic E-state index is 11.8. The minimum Gasteiger partial charge on any atom is -0.497 e. The molecule has 1 amide bonds. The maximum absolute atomic E-state index is 11.8. The fourth-order valence-electron chi connectivity index (χ4n) is 1.82. The predicted octanol–water partition coefficient (Wildman–Crippen LogP) is 2.10. The Kier molecular flexibility index (Phi) is 8.26. The summed E-state index contributed by atoms with van der Waals surface area (Å²) in [7, 11) is -1.70. The van der Waals surface area contributed by atoms with Gasteiger partial charge in [0.1, 0.15) is 5.75 Å². The molecular formula is C14H23ClN2O4S. The summed E-state index contributed by atoms with van der Waals surface area (Å²) >= 11 is 0. The number of nitrogens with one attached hydrogen (secondary N) is 1. The van der Waals surface area contributed by atoms with Crippen molar-refractivity contribution >= 4 is 39.5 Å². The van der Waals surface area contributed by atoms with Gasteiger partial charge in [-0.2, -0.15) is 0 Å². The van der Waals surface area contributed by atoms with Gasteiger partial charge in [-0.05, 0) is 18.1 Å². The highest BCUT2D eigenvalue weighted by Gasteiger charge is 2.16. The van der Waals surface area contributed by atoms with Crippen molar-refractivity contribution in [3.63, 3.8) is 0 Å². The summed E-state index contributed by atoms with van der Waals surface area (Å²) in [6.07, 6.45) is -0.0916. The smallest absolute Gasteiger partial charge is 0.225 e. The summed E-state index contributed by atoms with van der Waals surface area (Å²) in [5.41, 5.74) is 6.57. The SMILES string of the molecule is COc1ccc(N)c(NC(=O)CCS(=O)(=O)CC(C)C)c1.Cl. The number of carbonyl (C=O) groups is 1. The lowest BCUT2D eigenvalue weighted by Crippen LogP contribution is -2.21. The average Bonchev–Trinajstić information content (AvgIpc) is 2.38. The number of methoxy groups -OCH3 is 1. The molecule has 0 atom stereocenters. The van der Waals surface area contributed by atoms with E-state index in [4.69, 9.17) is 10.5 Å². The van der Waals surface area contributed by atoms with Gasteiger partial charge in [0.25, 0.3) is 0 Å². The van der Waals surface area contributed by atoms with Crippen LogP contribution in [0.4, 0.5) is 11.4 Å². The molecule has 0 aliphatic heterocycles. The Balaban J connectivity index is 0.00000441. The molecule has 0 aliphatic carbocycles. The fraction of sp³-hybridized carbons (Fsp3) is 0.500. The van der Waals surface area contributed by atoms with Crippen molar-refractivity contribution in [2.45, 2.75) is 20.3 Å². The first-order chi connectivity index (χ1) is 9.73. The van der Waals surface area contributed by atoms with E-state index in [0.29, 0.717) is 17.1 Å². The summed E-state index contributed by atoms with van der Waals surface area (Å²) < 4.78 is 28.5. The van der Waals surface area contributed by atoms with Crippen LogP contribution in [0.15, 0.2) is 18.2 Å². The van der Waals surface area contributed by atoms with Gasteiger partial charge >= 0.3 is 0 Å². The van der Waals surface area contributed by atoms with E-state index in [1.54, 1.807) is 18.2 Å². The Hall–Kier alpha value is -1.47. The van der Waals surface area contributed by atoms with Gasteiger partial charge in [-0.3, -0.25) is 4.79 Å². The molecule has 0 saturated carbocycles. The molecule has 0 aromatic heterocycles. The van der Waals surface area contributed by atoms with E-state index in [2.05, 4.69) is 5.32 Å². The second-order valence-electron chi connectivity index (χ2n) is 5.26. The van der Waals surface area contributed by atoms with Gasteiger partial charge in [0.05, 0.1) is 30.0 Å². The van der Waals surface area contributed by atoms with Gasteiger partial charge in [0.2, 0.25) is 5.91 Å². The number of amides is 1. The third-order valence-electron chi connectivity index (χ3n) is 2.76. The second-order valence-corrected chi connectivity index (χ2v) is 7.49. The van der Waals surface area contributed by atoms with Crippen molar-refractivity contribution in [1.82, 2.24) is 0 Å². The molecule has 22 heavy (non-hydrogen) atoms. The molecule has 8 heteroatoms. The highest BCUT2D eigenvalue weighted by Crippen LogP contribution is 2.24. The van der Waals surface area contributed by atoms with E-state index in [9.17, 15) is 13.2 Å². The van der Waals surface area contributed by atoms with Crippen LogP contribution in [-0.2, 0) is 14.6 Å². The standard InChI is InChI=1S/C14H22N2O4S.ClH/c1-10(2)9-21(18,19)7-6-14(17)16-13-8-11(20-3)4-5-12(13)15;/h4-5,8,10H,6-7,9,15H2,1-3H3,(H,16,17);1H. The molecule has 3 N–H and O–H groups in total. The molecule has 1 aromatic carbocycles. The Morgan fingerprint density at radius 1 is 1.36 bits per heavy atom. The van der Waals surface area contributed by atoms with E-state index in [1.165, 1.54) is 7.11 Å². The van der Waals surface area contributed by atoms with Gasteiger partial charge in [-0.25, -0.2) is 8.42 Å². The molecule has 6 nitrogen and oxygen atoms in total. The molecule has 0 aliphatic rings. The molecule has 0 radical (unpaired) electrons. The monoisotopic (exact) mass is 350 g/mol. The molecule has 0 bridgehead atoms. The lowest BCUT2D eigenvalue weighted by molar-refractivity contribution is -0.115. The quantitative estimate of drug-likeness (QED) is 0.734. The number of anilines is 2. The van der Waals surface area contributed by atoms with Gasteiger partial charge in [0, 0.05) is 12.5 Å². The van der Waals surface area contributed by atoms with Gasteiger partial charge in [-0.1, -0.05) is 13.8 Å². The lowest BCUT2D eigenvalue weighted by Gasteiger charge is -2.10. The van der Waals surface area contributed by atoms with E-state index in [0.717, 1.165) is 0 Å². The predicted molar refractivity (Wildman–Crippen MR) is 91.4 cm³/mol. The van der Waals surface area contributed by atoms with Gasteiger partial charge in [-0.15, -0.1) is 12.4 Å². The lowest BCUT2D eigenvalue weighted by atomic mass is 10.2. The maximum Gasteiger partial charge on any atom is 0.225 e. The van der Waals surface area contributed by atoms with Crippen LogP contribution in [0.25, 0.3) is 0 Å². The summed E-state index contributed by atoms with van der Waals surface area (Å²) in [5.74, 6) is 0.143. The summed E-state index contributed by atoms with van der Waals surface area (Å²) in [6, 6.07) is 4.89. The third-order valence-corrected chi connectivity index (χ3v) is 4.76. The summed E-state index contributed by atoms with van der Waals surface area (Å²) in [6.45, 7) is 3.66. The zero-order valence-electron chi connectivity index (χ0n) is 13.0. The number of hydrogen-bond acceptors (Lipinski definition) is 5. The number of hydrogen-bond donors (Lipinski definition) is 2. The first kappa shape index (κ1) is 20.5. The number of nitrogens with two attached hydrogens (primary N) is 1. The fourth-order valence-corrected chi connectivity index (χ4v) is 3.50. The Morgan fingerprint density at radius 2 is 2.00 bits per heavy atom. The first-order valence-electron chi connectivity index (χ1n) is 6.67. The number of rotatable bonds is 7. The van der Waals surface area contributed by atoms with E-state index in [1.807, 2.05) is 13.8 Å². The zero-order chi connectivity index (χ0) is 16.0. The summed E-state index contributed by atoms with van der Waals surface area (Å²) in [4.78, 5) is 11.8. The number of carbonyl (C=O) groups excluding carboxylic acids is 1. The van der Waals surface area contributed by atoms with Crippen LogP contribution >= 0.6 is 12.4 Å². The average molecular weight is 351 g/mol. The van der Waals surface area contributed by atoms with Crippen molar-refractivity contribution in [3.05, 3.63) is 18.2 Å². The van der Waals surface area contributed by atoms with Crippen LogP contribution < -0.4 is 15.8 Å². The number of sulfone groups is 1. The van der Waals surface area contributed by atoms with E-state index < -0.39 is 9.84 Å². The van der Waals surface area contributed by atoms with Crippen LogP contribution in [0.5, 0.6) is 5.75 Å². The van der Waals surface area contributed by atoms with Gasteiger partial charge in [0.15, 0.2) is 9.84 Å². The Labute approximate surface area is 137 Å². The number of nitrogen functional groups attached to an aromatic ring is 1. The zero-order valence-corrected chi connectivity index (χ0v) is 14.6. The number of halogens is 1. The Morgan fingerprint density at radius 3 is 2.55 bits per heavy atom. The molecule has 0 unspecified atom stereocenters. The molecular weight excluding hydrogens is 328 g/mol. The molecule has 0 saturated heterocycles. The summed E-state index contributed by atoms with van der Waals surface area (Å²) in [5, 5.41) is 2.60. The van der Waals surface area contributed by atoms with Crippen molar-refractivity contribution in [2.75, 3.05) is 29.7 Å². The van der Waals surface area contributed by atoms with Crippen LogP contribution in [0.1, 0.15) is 20.3 Å². The van der Waals surface area contributed by atoms with Crippen LogP contribution in [0.3, 0.4) is 0 Å². The van der Waals surface area contributed by atoms with Crippen molar-refractivity contribution in [2.24, 2.45) is 5.92 Å². The number of ether oxygens (including phenoxy) is 1. The highest BCUT2D eigenvalue weighted by atomic mass is 35.5. The minimum absolute atomic E-state index is 0. The van der Waals surface area contributed by atoms with Crippen LogP contribution in [0, 0.1) is 5.92 Å². The normalized spacial score (nSPS) is 10.9. The van der Waals surface area contributed by atoms with Crippen LogP contribution in [-0.4, -0.2) is 32.9 Å². The molecule has 0 heterocycles. The largest absolute Gasteiger partial charge is 0.497 e. The molecule has 1 aromatic rings. The molecule has 0 spiro atoms.